The van der Waals surface area contributed by atoms with E-state index < -0.39 is 0 Å². The summed E-state index contributed by atoms with van der Waals surface area (Å²) >= 11 is 1.42. The Morgan fingerprint density at radius 1 is 1.25 bits per heavy atom. The number of nitrogens with zero attached hydrogens (tertiary/aromatic N) is 3. The first-order chi connectivity index (χ1) is 13.6. The zero-order valence-corrected chi connectivity index (χ0v) is 15.8. The molecule has 0 spiro atoms. The summed E-state index contributed by atoms with van der Waals surface area (Å²) in [7, 11) is 6.01. The first-order valence-electron chi connectivity index (χ1n) is 8.86. The minimum absolute atomic E-state index is 0.0619. The van der Waals surface area contributed by atoms with Gasteiger partial charge in [0.15, 0.2) is 0 Å². The standard InChI is InChI=1S/C20H17BN4O2S/c21-15-12-23-25-13(5-3-9-22-20(27)18-8-4-10-28-18)11-16(24-19(15)25)14-6-1-2-7-17(14)26/h1-2,4,6-8,10-12,26H,3,5,9H2,(H,22,27). The normalized spacial score (nSPS) is 11.0. The molecule has 0 unspecified atom stereocenters. The highest BCUT2D eigenvalue weighted by Crippen LogP contribution is 2.28. The van der Waals surface area contributed by atoms with Crippen molar-refractivity contribution in [1.82, 2.24) is 19.9 Å². The Morgan fingerprint density at radius 3 is 2.89 bits per heavy atom. The van der Waals surface area contributed by atoms with Crippen LogP contribution in [0.4, 0.5) is 0 Å². The maximum absolute atomic E-state index is 12.0. The van der Waals surface area contributed by atoms with Crippen LogP contribution in [-0.4, -0.2) is 40.0 Å². The second kappa shape index (κ2) is 7.86. The van der Waals surface area contributed by atoms with Crippen LogP contribution in [0.25, 0.3) is 16.9 Å². The molecule has 0 bridgehead atoms. The Kier molecular flexibility index (Phi) is 5.12. The molecule has 1 aromatic carbocycles. The fraction of sp³-hybridized carbons (Fsp3) is 0.150. The molecule has 2 radical (unpaired) electrons. The van der Waals surface area contributed by atoms with Gasteiger partial charge in [0.2, 0.25) is 0 Å². The number of hydrogen-bond acceptors (Lipinski definition) is 5. The average molecular weight is 388 g/mol. The molecule has 0 saturated carbocycles. The fourth-order valence-corrected chi connectivity index (χ4v) is 3.65. The van der Waals surface area contributed by atoms with E-state index in [1.165, 1.54) is 11.3 Å². The van der Waals surface area contributed by atoms with Crippen LogP contribution in [0.3, 0.4) is 0 Å². The highest BCUT2D eigenvalue weighted by atomic mass is 32.1. The van der Waals surface area contributed by atoms with Crippen molar-refractivity contribution >= 4 is 36.2 Å². The van der Waals surface area contributed by atoms with E-state index in [1.807, 2.05) is 29.6 Å². The van der Waals surface area contributed by atoms with Gasteiger partial charge in [-0.05, 0) is 47.9 Å². The number of aromatic nitrogens is 3. The Bertz CT molecular complexity index is 1120. The number of phenolic OH excluding ortho intramolecular Hbond substituents is 1. The van der Waals surface area contributed by atoms with Gasteiger partial charge in [-0.3, -0.25) is 4.79 Å². The number of amides is 1. The van der Waals surface area contributed by atoms with Gasteiger partial charge in [0.05, 0.1) is 10.6 Å². The lowest BCUT2D eigenvalue weighted by Gasteiger charge is -2.10. The van der Waals surface area contributed by atoms with E-state index in [0.29, 0.717) is 40.2 Å². The lowest BCUT2D eigenvalue weighted by molar-refractivity contribution is 0.0957. The molecule has 6 nitrogen and oxygen atoms in total. The maximum atomic E-state index is 12.0. The number of rotatable bonds is 6. The third kappa shape index (κ3) is 3.64. The summed E-state index contributed by atoms with van der Waals surface area (Å²) in [6.07, 6.45) is 2.97. The van der Waals surface area contributed by atoms with Gasteiger partial charge in [-0.2, -0.15) is 5.10 Å². The number of benzene rings is 1. The Labute approximate surface area is 167 Å². The number of hydrogen-bond donors (Lipinski definition) is 2. The third-order valence-electron chi connectivity index (χ3n) is 4.39. The van der Waals surface area contributed by atoms with Crippen LogP contribution in [-0.2, 0) is 6.42 Å². The van der Waals surface area contributed by atoms with E-state index in [2.05, 4.69) is 15.4 Å². The first kappa shape index (κ1) is 18.2. The molecule has 8 heteroatoms. The van der Waals surface area contributed by atoms with E-state index in [1.54, 1.807) is 28.9 Å². The van der Waals surface area contributed by atoms with E-state index in [-0.39, 0.29) is 11.7 Å². The van der Waals surface area contributed by atoms with Gasteiger partial charge < -0.3 is 10.4 Å². The van der Waals surface area contributed by atoms with Crippen molar-refractivity contribution in [2.24, 2.45) is 0 Å². The third-order valence-corrected chi connectivity index (χ3v) is 5.26. The lowest BCUT2D eigenvalue weighted by Crippen LogP contribution is -2.24. The van der Waals surface area contributed by atoms with Crippen LogP contribution in [0.15, 0.2) is 54.0 Å². The van der Waals surface area contributed by atoms with Crippen molar-refractivity contribution in [3.8, 4) is 17.0 Å². The molecule has 0 atom stereocenters. The molecule has 0 fully saturated rings. The second-order valence-corrected chi connectivity index (χ2v) is 7.27. The Morgan fingerprint density at radius 2 is 2.11 bits per heavy atom. The predicted molar refractivity (Wildman–Crippen MR) is 110 cm³/mol. The first-order valence-corrected chi connectivity index (χ1v) is 9.74. The molecular formula is C20H17BN4O2S. The quantitative estimate of drug-likeness (QED) is 0.393. The van der Waals surface area contributed by atoms with E-state index in [0.717, 1.165) is 12.1 Å². The number of thiophene rings is 1. The van der Waals surface area contributed by atoms with Crippen LogP contribution in [0.1, 0.15) is 21.8 Å². The summed E-state index contributed by atoms with van der Waals surface area (Å²) < 4.78 is 1.71. The van der Waals surface area contributed by atoms with Gasteiger partial charge >= 0.3 is 0 Å². The maximum Gasteiger partial charge on any atom is 0.261 e. The lowest BCUT2D eigenvalue weighted by atomic mass is 10.00. The number of para-hydroxylation sites is 1. The van der Waals surface area contributed by atoms with Crippen LogP contribution in [0.5, 0.6) is 5.75 Å². The average Bonchev–Trinajstić information content (AvgIpc) is 3.36. The van der Waals surface area contributed by atoms with Crippen LogP contribution in [0.2, 0.25) is 0 Å². The van der Waals surface area contributed by atoms with Gasteiger partial charge in [-0.25, -0.2) is 9.50 Å². The zero-order valence-electron chi connectivity index (χ0n) is 15.0. The molecule has 3 heterocycles. The molecule has 4 rings (SSSR count). The molecule has 3 aromatic heterocycles. The fourth-order valence-electron chi connectivity index (χ4n) is 3.01. The molecule has 0 saturated heterocycles. The van der Waals surface area contributed by atoms with Crippen molar-refractivity contribution in [2.75, 3.05) is 6.54 Å². The van der Waals surface area contributed by atoms with E-state index in [4.69, 9.17) is 7.85 Å². The van der Waals surface area contributed by atoms with Crippen molar-refractivity contribution < 1.29 is 9.90 Å². The van der Waals surface area contributed by atoms with Gasteiger partial charge in [0, 0.05) is 24.0 Å². The predicted octanol–water partition coefficient (Wildman–Crippen LogP) is 2.32. The second-order valence-electron chi connectivity index (χ2n) is 6.32. The number of carbonyl (C=O) groups is 1. The summed E-state index contributed by atoms with van der Waals surface area (Å²) in [5, 5.41) is 19.3. The minimum atomic E-state index is -0.0619. The van der Waals surface area contributed by atoms with Crippen LogP contribution in [0, 0.1) is 0 Å². The van der Waals surface area contributed by atoms with Crippen molar-refractivity contribution in [1.29, 1.82) is 0 Å². The SMILES string of the molecule is [B]c1cnn2c(CCCNC(=O)c3cccs3)cc(-c3ccccc3O)nc12. The van der Waals surface area contributed by atoms with Crippen LogP contribution < -0.4 is 10.8 Å². The molecule has 28 heavy (non-hydrogen) atoms. The largest absolute Gasteiger partial charge is 0.507 e. The topological polar surface area (TPSA) is 79.5 Å². The molecule has 0 aliphatic heterocycles. The highest BCUT2D eigenvalue weighted by Gasteiger charge is 2.13. The molecular weight excluding hydrogens is 371 g/mol. The number of phenols is 1. The number of aryl methyl sites for hydroxylation is 1. The van der Waals surface area contributed by atoms with Gasteiger partial charge in [0.25, 0.3) is 5.91 Å². The number of carbonyl (C=O) groups excluding carboxylic acids is 1. The number of aromatic hydroxyl groups is 1. The van der Waals surface area contributed by atoms with Crippen molar-refractivity contribution in [3.63, 3.8) is 0 Å². The highest BCUT2D eigenvalue weighted by molar-refractivity contribution is 7.12. The molecule has 0 aliphatic rings. The smallest absolute Gasteiger partial charge is 0.261 e. The van der Waals surface area contributed by atoms with E-state index in [9.17, 15) is 9.90 Å². The summed E-state index contributed by atoms with van der Waals surface area (Å²) in [5.41, 5.74) is 3.21. The number of nitrogens with one attached hydrogen (secondary N) is 1. The monoisotopic (exact) mass is 388 g/mol. The van der Waals surface area contributed by atoms with Gasteiger partial charge in [-0.1, -0.05) is 18.2 Å². The Hall–Kier alpha value is -3.13. The molecule has 1 amide bonds. The molecule has 0 aliphatic carbocycles. The molecule has 2 N–H and O–H groups in total. The number of fused-ring (bicyclic) bond motifs is 1. The van der Waals surface area contributed by atoms with Gasteiger partial charge in [-0.15, -0.1) is 11.3 Å². The summed E-state index contributed by atoms with van der Waals surface area (Å²) in [6, 6.07) is 12.6. The Balaban J connectivity index is 1.54. The molecule has 4 aromatic rings. The summed E-state index contributed by atoms with van der Waals surface area (Å²) in [6.45, 7) is 0.545. The molecule has 138 valence electrons. The summed E-state index contributed by atoms with van der Waals surface area (Å²) in [5.74, 6) is 0.0969. The van der Waals surface area contributed by atoms with E-state index >= 15 is 0 Å². The summed E-state index contributed by atoms with van der Waals surface area (Å²) in [4.78, 5) is 17.3. The minimum Gasteiger partial charge on any atom is -0.507 e. The van der Waals surface area contributed by atoms with Crippen LogP contribution >= 0.6 is 11.3 Å². The zero-order chi connectivity index (χ0) is 19.5. The van der Waals surface area contributed by atoms with Crippen molar-refractivity contribution in [2.45, 2.75) is 12.8 Å². The van der Waals surface area contributed by atoms with Crippen molar-refractivity contribution in [3.05, 3.63) is 64.6 Å². The van der Waals surface area contributed by atoms with Gasteiger partial charge in [0.1, 0.15) is 19.2 Å².